The van der Waals surface area contributed by atoms with Crippen molar-refractivity contribution >= 4 is 44.5 Å². The van der Waals surface area contributed by atoms with E-state index < -0.39 is 0 Å². The third-order valence-corrected chi connectivity index (χ3v) is 6.84. The molecule has 6 rings (SSSR count). The van der Waals surface area contributed by atoms with Crippen molar-refractivity contribution in [2.24, 2.45) is 13.0 Å². The lowest BCUT2D eigenvalue weighted by molar-refractivity contribution is 0.646. The maximum absolute atomic E-state index is 13.9. The Morgan fingerprint density at radius 3 is 2.72 bits per heavy atom. The molecule has 4 aromatic heterocycles. The van der Waals surface area contributed by atoms with Crippen LogP contribution in [0, 0.1) is 16.4 Å². The van der Waals surface area contributed by atoms with Crippen molar-refractivity contribution in [3.63, 3.8) is 0 Å². The van der Waals surface area contributed by atoms with Crippen LogP contribution in [0.5, 0.6) is 0 Å². The highest BCUT2D eigenvalue weighted by molar-refractivity contribution is 14.1. The first kappa shape index (κ1) is 19.7. The lowest BCUT2D eigenvalue weighted by Gasteiger charge is -2.12. The van der Waals surface area contributed by atoms with Gasteiger partial charge in [-0.2, -0.15) is 14.9 Å². The SMILES string of the molecule is Cc1ccc(-c2c(=O)n(-c3ccc4nn(C)cc4c3)nc3c(I)cn(CC4CC4)c23)cn1. The zero-order valence-electron chi connectivity index (χ0n) is 17.8. The second-order valence-electron chi connectivity index (χ2n) is 8.60. The Morgan fingerprint density at radius 2 is 1.97 bits per heavy atom. The molecule has 4 heterocycles. The van der Waals surface area contributed by atoms with Crippen LogP contribution in [0.2, 0.25) is 0 Å². The van der Waals surface area contributed by atoms with Crippen molar-refractivity contribution in [3.8, 4) is 16.8 Å². The van der Waals surface area contributed by atoms with Gasteiger partial charge in [0.25, 0.3) is 5.56 Å². The van der Waals surface area contributed by atoms with Crippen LogP contribution in [0.4, 0.5) is 0 Å². The first-order valence-electron chi connectivity index (χ1n) is 10.7. The summed E-state index contributed by atoms with van der Waals surface area (Å²) in [6.45, 7) is 2.87. The van der Waals surface area contributed by atoms with Gasteiger partial charge in [0.15, 0.2) is 0 Å². The van der Waals surface area contributed by atoms with Crippen LogP contribution in [0.25, 0.3) is 38.8 Å². The second-order valence-corrected chi connectivity index (χ2v) is 9.76. The van der Waals surface area contributed by atoms with Crippen molar-refractivity contribution in [1.29, 1.82) is 0 Å². The van der Waals surface area contributed by atoms with Gasteiger partial charge in [0.05, 0.1) is 25.9 Å². The van der Waals surface area contributed by atoms with Crippen LogP contribution in [0.15, 0.2) is 53.7 Å². The standard InChI is InChI=1S/C24H21IN6O/c1-14-3-6-16(10-26-14)21-23-22(19(25)13-30(23)11-15-4-5-15)28-31(24(21)32)18-7-8-20-17(9-18)12-29(2)27-20/h3,6-10,12-13,15H,4-5,11H2,1-2H3. The van der Waals surface area contributed by atoms with E-state index in [1.54, 1.807) is 10.9 Å². The molecule has 0 radical (unpaired) electrons. The predicted octanol–water partition coefficient (Wildman–Crippen LogP) is 4.46. The summed E-state index contributed by atoms with van der Waals surface area (Å²) in [6.07, 6.45) is 8.35. The number of fused-ring (bicyclic) bond motifs is 2. The van der Waals surface area contributed by atoms with E-state index in [0.29, 0.717) is 11.5 Å². The highest BCUT2D eigenvalue weighted by Gasteiger charge is 2.26. The molecular weight excluding hydrogens is 515 g/mol. The van der Waals surface area contributed by atoms with Crippen molar-refractivity contribution in [1.82, 2.24) is 29.1 Å². The molecule has 8 heteroatoms. The Balaban J connectivity index is 1.66. The van der Waals surface area contributed by atoms with Crippen LogP contribution in [-0.2, 0) is 13.6 Å². The lowest BCUT2D eigenvalue weighted by Crippen LogP contribution is -2.24. The molecule has 0 saturated heterocycles. The molecule has 1 aliphatic carbocycles. The number of nitrogens with zero attached hydrogens (tertiary/aromatic N) is 6. The fourth-order valence-electron chi connectivity index (χ4n) is 4.26. The summed E-state index contributed by atoms with van der Waals surface area (Å²) in [5.74, 6) is 0.681. The summed E-state index contributed by atoms with van der Waals surface area (Å²) in [6, 6.07) is 9.73. The van der Waals surface area contributed by atoms with Crippen LogP contribution >= 0.6 is 22.6 Å². The monoisotopic (exact) mass is 536 g/mol. The van der Waals surface area contributed by atoms with E-state index in [1.807, 2.05) is 50.5 Å². The molecule has 7 nitrogen and oxygen atoms in total. The number of rotatable bonds is 4. The maximum atomic E-state index is 13.9. The number of halogens is 1. The highest BCUT2D eigenvalue weighted by Crippen LogP contribution is 2.35. The summed E-state index contributed by atoms with van der Waals surface area (Å²) in [7, 11) is 1.89. The first-order chi connectivity index (χ1) is 15.5. The zero-order chi connectivity index (χ0) is 22.0. The maximum Gasteiger partial charge on any atom is 0.281 e. The largest absolute Gasteiger partial charge is 0.344 e. The normalized spacial score (nSPS) is 14.0. The molecule has 0 unspecified atom stereocenters. The molecule has 0 aliphatic heterocycles. The van der Waals surface area contributed by atoms with Crippen molar-refractivity contribution in [2.45, 2.75) is 26.3 Å². The fraction of sp³-hybridized carbons (Fsp3) is 0.250. The molecule has 0 atom stereocenters. The lowest BCUT2D eigenvalue weighted by atomic mass is 10.1. The minimum absolute atomic E-state index is 0.141. The summed E-state index contributed by atoms with van der Waals surface area (Å²) in [5, 5.41) is 10.2. The smallest absolute Gasteiger partial charge is 0.281 e. The third-order valence-electron chi connectivity index (χ3n) is 6.05. The zero-order valence-corrected chi connectivity index (χ0v) is 19.9. The van der Waals surface area contributed by atoms with Crippen LogP contribution in [0.3, 0.4) is 0 Å². The van der Waals surface area contributed by atoms with E-state index in [9.17, 15) is 4.79 Å². The average molecular weight is 536 g/mol. The second kappa shape index (κ2) is 7.26. The van der Waals surface area contributed by atoms with Gasteiger partial charge in [-0.05, 0) is 72.5 Å². The summed E-state index contributed by atoms with van der Waals surface area (Å²) < 4.78 is 6.55. The Morgan fingerprint density at radius 1 is 1.12 bits per heavy atom. The molecule has 160 valence electrons. The van der Waals surface area contributed by atoms with Gasteiger partial charge >= 0.3 is 0 Å². The molecule has 0 bridgehead atoms. The minimum atomic E-state index is -0.141. The quantitative estimate of drug-likeness (QED) is 0.318. The fourth-order valence-corrected chi connectivity index (χ4v) is 4.96. The Hall–Kier alpha value is -3.01. The first-order valence-corrected chi connectivity index (χ1v) is 11.7. The minimum Gasteiger partial charge on any atom is -0.344 e. The summed E-state index contributed by atoms with van der Waals surface area (Å²) >= 11 is 2.33. The molecule has 1 fully saturated rings. The molecule has 5 aromatic rings. The van der Waals surface area contributed by atoms with E-state index in [1.165, 1.54) is 17.5 Å². The Kier molecular flexibility index (Phi) is 4.46. The number of aromatic nitrogens is 6. The topological polar surface area (TPSA) is 70.5 Å². The molecule has 0 spiro atoms. The van der Waals surface area contributed by atoms with E-state index in [4.69, 9.17) is 5.10 Å². The average Bonchev–Trinajstić information content (AvgIpc) is 3.43. The summed E-state index contributed by atoms with van der Waals surface area (Å²) in [4.78, 5) is 18.4. The van der Waals surface area contributed by atoms with Crippen LogP contribution in [-0.4, -0.2) is 29.1 Å². The van der Waals surface area contributed by atoms with Gasteiger partial charge in [-0.15, -0.1) is 0 Å². The molecule has 1 aromatic carbocycles. The third kappa shape index (κ3) is 3.24. The van der Waals surface area contributed by atoms with Crippen LogP contribution < -0.4 is 5.56 Å². The Labute approximate surface area is 197 Å². The van der Waals surface area contributed by atoms with Gasteiger partial charge in [0, 0.05) is 48.8 Å². The number of hydrogen-bond acceptors (Lipinski definition) is 4. The summed E-state index contributed by atoms with van der Waals surface area (Å²) in [5.41, 5.74) is 5.60. The van der Waals surface area contributed by atoms with Gasteiger partial charge in [0.1, 0.15) is 5.52 Å². The van der Waals surface area contributed by atoms with Gasteiger partial charge in [-0.25, -0.2) is 0 Å². The molecular formula is C24H21IN6O. The molecule has 1 saturated carbocycles. The van der Waals surface area contributed by atoms with Crippen molar-refractivity contribution < 1.29 is 0 Å². The molecule has 32 heavy (non-hydrogen) atoms. The number of hydrogen-bond donors (Lipinski definition) is 0. The van der Waals surface area contributed by atoms with Crippen molar-refractivity contribution in [2.75, 3.05) is 0 Å². The van der Waals surface area contributed by atoms with Gasteiger partial charge in [0.2, 0.25) is 0 Å². The molecule has 1 aliphatic rings. The Bertz CT molecular complexity index is 1560. The van der Waals surface area contributed by atoms with E-state index in [2.05, 4.69) is 43.4 Å². The van der Waals surface area contributed by atoms with Crippen LogP contribution in [0.1, 0.15) is 18.5 Å². The van der Waals surface area contributed by atoms with E-state index >= 15 is 0 Å². The van der Waals surface area contributed by atoms with E-state index in [-0.39, 0.29) is 5.56 Å². The number of aryl methyl sites for hydroxylation is 2. The molecule has 0 amide bonds. The van der Waals surface area contributed by atoms with E-state index in [0.717, 1.165) is 49.0 Å². The predicted molar refractivity (Wildman–Crippen MR) is 133 cm³/mol. The van der Waals surface area contributed by atoms with Crippen molar-refractivity contribution in [3.05, 3.63) is 68.5 Å². The van der Waals surface area contributed by atoms with Gasteiger partial charge < -0.3 is 4.57 Å². The number of benzene rings is 1. The van der Waals surface area contributed by atoms with Gasteiger partial charge in [-0.1, -0.05) is 6.07 Å². The number of pyridine rings is 1. The highest BCUT2D eigenvalue weighted by atomic mass is 127. The van der Waals surface area contributed by atoms with Gasteiger partial charge in [-0.3, -0.25) is 14.5 Å². The molecule has 0 N–H and O–H groups in total.